The summed E-state index contributed by atoms with van der Waals surface area (Å²) in [5.41, 5.74) is -3.38. The molecule has 27 heavy (non-hydrogen) atoms. The number of carbonyl (C=O) groups is 1. The zero-order valence-corrected chi connectivity index (χ0v) is 14.8. The summed E-state index contributed by atoms with van der Waals surface area (Å²) in [5, 5.41) is 14.4. The number of halogens is 4. The highest BCUT2D eigenvalue weighted by molar-refractivity contribution is 6.31. The lowest BCUT2D eigenvalue weighted by molar-refractivity contribution is -0.297. The minimum atomic E-state index is -5.12. The molecule has 0 unspecified atom stereocenters. The van der Waals surface area contributed by atoms with Crippen molar-refractivity contribution in [3.05, 3.63) is 64.7 Å². The van der Waals surface area contributed by atoms with Crippen LogP contribution in [0, 0.1) is 0 Å². The Bertz CT molecular complexity index is 917. The van der Waals surface area contributed by atoms with Crippen LogP contribution in [0.15, 0.2) is 53.6 Å². The van der Waals surface area contributed by atoms with E-state index in [2.05, 4.69) is 5.10 Å². The predicted molar refractivity (Wildman–Crippen MR) is 92.8 cm³/mol. The van der Waals surface area contributed by atoms with E-state index in [1.54, 1.807) is 12.1 Å². The van der Waals surface area contributed by atoms with Crippen LogP contribution >= 0.6 is 11.6 Å². The van der Waals surface area contributed by atoms with Gasteiger partial charge in [0.2, 0.25) is 0 Å². The Morgan fingerprint density at radius 1 is 1.26 bits per heavy atom. The molecule has 0 fully saturated rings. The molecule has 1 heterocycles. The molecule has 1 aliphatic heterocycles. The van der Waals surface area contributed by atoms with Crippen LogP contribution in [0.25, 0.3) is 0 Å². The normalized spacial score (nSPS) is 19.8. The number of amides is 1. The van der Waals surface area contributed by atoms with Crippen LogP contribution in [-0.4, -0.2) is 40.7 Å². The van der Waals surface area contributed by atoms with Gasteiger partial charge >= 0.3 is 6.18 Å². The summed E-state index contributed by atoms with van der Waals surface area (Å²) >= 11 is 5.81. The molecular weight excluding hydrogens is 385 g/mol. The summed E-state index contributed by atoms with van der Waals surface area (Å²) in [5.74, 6) is -0.708. The summed E-state index contributed by atoms with van der Waals surface area (Å²) in [4.78, 5) is 12.6. The van der Waals surface area contributed by atoms with E-state index in [-0.39, 0.29) is 21.3 Å². The molecule has 2 aromatic carbocycles. The topological polar surface area (TPSA) is 62.1 Å². The highest BCUT2D eigenvalue weighted by Gasteiger charge is 2.63. The summed E-state index contributed by atoms with van der Waals surface area (Å²) in [6.07, 6.45) is -6.03. The Balaban J connectivity index is 2.06. The maximum absolute atomic E-state index is 13.6. The van der Waals surface area contributed by atoms with Gasteiger partial charge in [-0.2, -0.15) is 23.3 Å². The van der Waals surface area contributed by atoms with Crippen LogP contribution in [0.3, 0.4) is 0 Å². The van der Waals surface area contributed by atoms with Gasteiger partial charge in [0.1, 0.15) is 5.75 Å². The van der Waals surface area contributed by atoms with Gasteiger partial charge < -0.3 is 9.84 Å². The maximum Gasteiger partial charge on any atom is 0.438 e. The average Bonchev–Trinajstić information content (AvgIpc) is 3.00. The van der Waals surface area contributed by atoms with Gasteiger partial charge in [-0.05, 0) is 30.3 Å². The second-order valence-corrected chi connectivity index (χ2v) is 6.33. The summed E-state index contributed by atoms with van der Waals surface area (Å²) in [7, 11) is 1.41. The molecule has 1 amide bonds. The number of rotatable bonds is 3. The summed E-state index contributed by atoms with van der Waals surface area (Å²) in [6, 6.07) is 11.6. The van der Waals surface area contributed by atoms with Gasteiger partial charge in [0, 0.05) is 16.1 Å². The molecule has 2 aromatic rings. The van der Waals surface area contributed by atoms with Gasteiger partial charge in [-0.1, -0.05) is 29.8 Å². The highest BCUT2D eigenvalue weighted by Crippen LogP contribution is 2.42. The SMILES string of the molecule is COc1cccc(C2=NN(C(=O)c3cccc(Cl)c3)[C@](O)(C(F)(F)F)C2)c1. The zero-order chi connectivity index (χ0) is 19.8. The molecule has 0 bridgehead atoms. The van der Waals surface area contributed by atoms with Crippen molar-refractivity contribution in [1.29, 1.82) is 0 Å². The molecule has 0 spiro atoms. The number of hydrogen-bond acceptors (Lipinski definition) is 4. The van der Waals surface area contributed by atoms with Crippen LogP contribution in [0.4, 0.5) is 13.2 Å². The van der Waals surface area contributed by atoms with E-state index in [0.717, 1.165) is 0 Å². The Kier molecular flexibility index (Phi) is 4.88. The monoisotopic (exact) mass is 398 g/mol. The van der Waals surface area contributed by atoms with Gasteiger partial charge in [0.25, 0.3) is 11.6 Å². The van der Waals surface area contributed by atoms with Crippen molar-refractivity contribution in [2.75, 3.05) is 7.11 Å². The van der Waals surface area contributed by atoms with E-state index in [4.69, 9.17) is 16.3 Å². The quantitative estimate of drug-likeness (QED) is 0.854. The molecule has 5 nitrogen and oxygen atoms in total. The van der Waals surface area contributed by atoms with Gasteiger partial charge in [0.15, 0.2) is 0 Å². The van der Waals surface area contributed by atoms with E-state index >= 15 is 0 Å². The fraction of sp³-hybridized carbons (Fsp3) is 0.222. The Hall–Kier alpha value is -2.58. The zero-order valence-electron chi connectivity index (χ0n) is 14.0. The molecule has 142 valence electrons. The molecule has 1 atom stereocenters. The van der Waals surface area contributed by atoms with Crippen molar-refractivity contribution in [3.63, 3.8) is 0 Å². The molecule has 1 aliphatic rings. The first-order valence-corrected chi connectivity index (χ1v) is 8.14. The lowest BCUT2D eigenvalue weighted by Crippen LogP contribution is -2.56. The molecule has 0 aromatic heterocycles. The number of alkyl halides is 3. The molecule has 0 saturated heterocycles. The Morgan fingerprint density at radius 2 is 1.96 bits per heavy atom. The predicted octanol–water partition coefficient (Wildman–Crippen LogP) is 3.85. The number of hydrazone groups is 1. The minimum Gasteiger partial charge on any atom is -0.497 e. The Labute approximate surface area is 157 Å². The maximum atomic E-state index is 13.6. The van der Waals surface area contributed by atoms with Crippen molar-refractivity contribution in [2.24, 2.45) is 5.10 Å². The van der Waals surface area contributed by atoms with Crippen molar-refractivity contribution in [3.8, 4) is 5.75 Å². The Morgan fingerprint density at radius 3 is 2.59 bits per heavy atom. The van der Waals surface area contributed by atoms with Crippen LogP contribution < -0.4 is 4.74 Å². The molecule has 1 N–H and O–H groups in total. The number of methoxy groups -OCH3 is 1. The number of hydrogen-bond donors (Lipinski definition) is 1. The third-order valence-corrected chi connectivity index (χ3v) is 4.34. The summed E-state index contributed by atoms with van der Waals surface area (Å²) < 4.78 is 45.9. The first-order chi connectivity index (χ1) is 12.7. The summed E-state index contributed by atoms with van der Waals surface area (Å²) in [6.45, 7) is 0. The van der Waals surface area contributed by atoms with E-state index < -0.39 is 24.2 Å². The lowest BCUT2D eigenvalue weighted by atomic mass is 10.0. The van der Waals surface area contributed by atoms with Crippen LogP contribution in [0.5, 0.6) is 5.75 Å². The fourth-order valence-electron chi connectivity index (χ4n) is 2.69. The van der Waals surface area contributed by atoms with Crippen molar-refractivity contribution in [1.82, 2.24) is 5.01 Å². The van der Waals surface area contributed by atoms with Crippen molar-refractivity contribution < 1.29 is 27.8 Å². The number of ether oxygens (including phenoxy) is 1. The number of benzene rings is 2. The van der Waals surface area contributed by atoms with Gasteiger partial charge in [0.05, 0.1) is 19.2 Å². The van der Waals surface area contributed by atoms with E-state index in [9.17, 15) is 23.1 Å². The van der Waals surface area contributed by atoms with Gasteiger partial charge in [-0.25, -0.2) is 0 Å². The highest BCUT2D eigenvalue weighted by atomic mass is 35.5. The van der Waals surface area contributed by atoms with Gasteiger partial charge in [-0.3, -0.25) is 4.79 Å². The second-order valence-electron chi connectivity index (χ2n) is 5.90. The number of carbonyl (C=O) groups excluding carboxylic acids is 1. The third-order valence-electron chi connectivity index (χ3n) is 4.11. The standard InChI is InChI=1S/C18H14ClF3N2O3/c1-27-14-7-3-4-11(9-14)15-10-17(26,18(20,21)22)24(23-15)16(25)12-5-2-6-13(19)8-12/h2-9,26H,10H2,1H3/t17-/m1/s1. The van der Waals surface area contributed by atoms with Crippen molar-refractivity contribution >= 4 is 23.2 Å². The largest absolute Gasteiger partial charge is 0.497 e. The lowest BCUT2D eigenvalue weighted by Gasteiger charge is -2.32. The van der Waals surface area contributed by atoms with Crippen molar-refractivity contribution in [2.45, 2.75) is 18.3 Å². The molecule has 0 saturated carbocycles. The molecule has 3 rings (SSSR count). The average molecular weight is 399 g/mol. The first-order valence-electron chi connectivity index (χ1n) is 7.77. The van der Waals surface area contributed by atoms with Gasteiger partial charge in [-0.15, -0.1) is 0 Å². The fourth-order valence-corrected chi connectivity index (χ4v) is 2.88. The van der Waals surface area contributed by atoms with Crippen LogP contribution in [-0.2, 0) is 0 Å². The van der Waals surface area contributed by atoms with E-state index in [1.165, 1.54) is 43.5 Å². The molecule has 0 radical (unpaired) electrons. The molecule has 0 aliphatic carbocycles. The smallest absolute Gasteiger partial charge is 0.438 e. The third kappa shape index (κ3) is 3.50. The molecular formula is C18H14ClF3N2O3. The van der Waals surface area contributed by atoms with E-state index in [0.29, 0.717) is 11.3 Å². The minimum absolute atomic E-state index is 0.0630. The number of nitrogens with zero attached hydrogens (tertiary/aromatic N) is 2. The second kappa shape index (κ2) is 6.86. The first kappa shape index (κ1) is 19.2. The molecule has 9 heteroatoms. The number of aliphatic hydroxyl groups is 1. The van der Waals surface area contributed by atoms with Crippen LogP contribution in [0.1, 0.15) is 22.3 Å². The van der Waals surface area contributed by atoms with E-state index in [1.807, 2.05) is 0 Å². The van der Waals surface area contributed by atoms with Crippen LogP contribution in [0.2, 0.25) is 5.02 Å².